The number of anilines is 2. The highest BCUT2D eigenvalue weighted by atomic mass is 16.5. The summed E-state index contributed by atoms with van der Waals surface area (Å²) < 4.78 is 4.66. The number of pyridine rings is 1. The van der Waals surface area contributed by atoms with Crippen LogP contribution in [0.25, 0.3) is 0 Å². The van der Waals surface area contributed by atoms with Gasteiger partial charge in [0.05, 0.1) is 19.0 Å². The molecule has 1 heterocycles. The molecule has 20 heavy (non-hydrogen) atoms. The van der Waals surface area contributed by atoms with E-state index in [1.807, 2.05) is 6.92 Å². The van der Waals surface area contributed by atoms with E-state index in [0.717, 1.165) is 6.42 Å². The lowest BCUT2D eigenvalue weighted by Gasteiger charge is -2.16. The lowest BCUT2D eigenvalue weighted by molar-refractivity contribution is -0.121. The van der Waals surface area contributed by atoms with Crippen LogP contribution in [0.2, 0.25) is 0 Å². The molecule has 1 aromatic heterocycles. The summed E-state index contributed by atoms with van der Waals surface area (Å²) in [4.78, 5) is 27.5. The van der Waals surface area contributed by atoms with Crippen molar-refractivity contribution in [1.82, 2.24) is 10.3 Å². The average molecular weight is 280 g/mol. The number of rotatable bonds is 6. The number of aromatic nitrogens is 1. The van der Waals surface area contributed by atoms with Crippen LogP contribution in [-0.2, 0) is 9.53 Å². The van der Waals surface area contributed by atoms with E-state index in [-0.39, 0.29) is 17.3 Å². The van der Waals surface area contributed by atoms with Gasteiger partial charge >= 0.3 is 5.97 Å². The van der Waals surface area contributed by atoms with E-state index in [4.69, 9.17) is 5.73 Å². The number of carbonyl (C=O) groups is 2. The monoisotopic (exact) mass is 280 g/mol. The number of carbonyl (C=O) groups excluding carboxylic acids is 2. The second-order valence-electron chi connectivity index (χ2n) is 4.31. The fourth-order valence-corrected chi connectivity index (χ4v) is 1.53. The zero-order chi connectivity index (χ0) is 15.1. The first-order valence-electron chi connectivity index (χ1n) is 6.37. The van der Waals surface area contributed by atoms with E-state index in [1.54, 1.807) is 6.92 Å². The third-order valence-electron chi connectivity index (χ3n) is 2.61. The molecule has 0 aromatic carbocycles. The van der Waals surface area contributed by atoms with Crippen molar-refractivity contribution in [2.45, 2.75) is 26.3 Å². The third-order valence-corrected chi connectivity index (χ3v) is 2.61. The Kier molecular flexibility index (Phi) is 5.76. The van der Waals surface area contributed by atoms with Crippen molar-refractivity contribution in [3.05, 3.63) is 17.8 Å². The number of nitrogens with two attached hydrogens (primary N) is 1. The molecule has 0 bridgehead atoms. The fourth-order valence-electron chi connectivity index (χ4n) is 1.53. The highest BCUT2D eigenvalue weighted by Gasteiger charge is 2.18. The highest BCUT2D eigenvalue weighted by molar-refractivity contribution is 5.96. The fraction of sp³-hybridized carbons (Fsp3) is 0.462. The summed E-state index contributed by atoms with van der Waals surface area (Å²) in [6, 6.07) is 0.929. The molecule has 1 amide bonds. The Morgan fingerprint density at radius 3 is 2.80 bits per heavy atom. The van der Waals surface area contributed by atoms with Crippen LogP contribution >= 0.6 is 0 Å². The molecule has 0 saturated carbocycles. The maximum absolute atomic E-state index is 11.8. The summed E-state index contributed by atoms with van der Waals surface area (Å²) in [5.74, 6) is -0.458. The Labute approximate surface area is 117 Å². The van der Waals surface area contributed by atoms with Gasteiger partial charge in [-0.25, -0.2) is 9.78 Å². The number of nitrogens with one attached hydrogen (secondary N) is 2. The van der Waals surface area contributed by atoms with Crippen molar-refractivity contribution in [1.29, 1.82) is 0 Å². The summed E-state index contributed by atoms with van der Waals surface area (Å²) in [5.41, 5.74) is 6.14. The quantitative estimate of drug-likeness (QED) is 0.665. The molecule has 7 nitrogen and oxygen atoms in total. The van der Waals surface area contributed by atoms with Crippen LogP contribution < -0.4 is 16.4 Å². The smallest absolute Gasteiger partial charge is 0.341 e. The molecule has 0 saturated heterocycles. The predicted molar refractivity (Wildman–Crippen MR) is 76.4 cm³/mol. The molecule has 7 heteroatoms. The number of hydrogen-bond acceptors (Lipinski definition) is 6. The number of esters is 1. The Morgan fingerprint density at radius 2 is 2.20 bits per heavy atom. The first-order chi connectivity index (χ1) is 9.49. The maximum atomic E-state index is 11.8. The average Bonchev–Trinajstić information content (AvgIpc) is 2.45. The van der Waals surface area contributed by atoms with Gasteiger partial charge in [0, 0.05) is 6.54 Å². The van der Waals surface area contributed by atoms with Gasteiger partial charge in [0.15, 0.2) is 0 Å². The van der Waals surface area contributed by atoms with Gasteiger partial charge in [0.2, 0.25) is 5.91 Å². The molecule has 0 aliphatic heterocycles. The maximum Gasteiger partial charge on any atom is 0.341 e. The Morgan fingerprint density at radius 1 is 1.50 bits per heavy atom. The van der Waals surface area contributed by atoms with Crippen molar-refractivity contribution >= 4 is 23.4 Å². The van der Waals surface area contributed by atoms with Gasteiger partial charge in [-0.05, 0) is 19.4 Å². The highest BCUT2D eigenvalue weighted by Crippen LogP contribution is 2.17. The molecule has 0 fully saturated rings. The Bertz CT molecular complexity index is 491. The molecular weight excluding hydrogens is 260 g/mol. The van der Waals surface area contributed by atoms with Crippen LogP contribution in [0, 0.1) is 0 Å². The van der Waals surface area contributed by atoms with Crippen LogP contribution in [-0.4, -0.2) is 36.6 Å². The van der Waals surface area contributed by atoms with Crippen molar-refractivity contribution in [2.75, 3.05) is 24.7 Å². The molecule has 1 rings (SSSR count). The van der Waals surface area contributed by atoms with Crippen molar-refractivity contribution in [2.24, 2.45) is 0 Å². The second kappa shape index (κ2) is 7.32. The predicted octanol–water partition coefficient (Wildman–Crippen LogP) is 0.777. The van der Waals surface area contributed by atoms with Crippen LogP contribution in [0.5, 0.6) is 0 Å². The normalized spacial score (nSPS) is 11.6. The van der Waals surface area contributed by atoms with Gasteiger partial charge in [-0.3, -0.25) is 4.79 Å². The summed E-state index contributed by atoms with van der Waals surface area (Å²) in [6.45, 7) is 4.25. The van der Waals surface area contributed by atoms with E-state index in [1.165, 1.54) is 19.4 Å². The molecule has 4 N–H and O–H groups in total. The van der Waals surface area contributed by atoms with E-state index in [2.05, 4.69) is 20.4 Å². The lowest BCUT2D eigenvalue weighted by Crippen LogP contribution is -2.38. The van der Waals surface area contributed by atoms with E-state index in [0.29, 0.717) is 12.2 Å². The molecule has 1 aromatic rings. The van der Waals surface area contributed by atoms with E-state index in [9.17, 15) is 9.59 Å². The molecule has 0 spiro atoms. The molecule has 0 aliphatic carbocycles. The molecule has 110 valence electrons. The van der Waals surface area contributed by atoms with Gasteiger partial charge < -0.3 is 21.1 Å². The zero-order valence-corrected chi connectivity index (χ0v) is 11.9. The number of ether oxygens (including phenoxy) is 1. The lowest BCUT2D eigenvalue weighted by atomic mass is 10.2. The number of hydrogen-bond donors (Lipinski definition) is 3. The number of nitrogens with zero attached hydrogens (tertiary/aromatic N) is 1. The van der Waals surface area contributed by atoms with Gasteiger partial charge in [-0.1, -0.05) is 6.92 Å². The second-order valence-corrected chi connectivity index (χ2v) is 4.31. The van der Waals surface area contributed by atoms with Crippen LogP contribution in [0.1, 0.15) is 30.6 Å². The summed E-state index contributed by atoms with van der Waals surface area (Å²) in [6.07, 6.45) is 2.26. The molecule has 1 unspecified atom stereocenters. The van der Waals surface area contributed by atoms with E-state index < -0.39 is 12.0 Å². The Hall–Kier alpha value is -2.31. The standard InChI is InChI=1S/C13H20N4O3/c1-4-5-15-12(18)8(2)17-11-10(13(19)20-3)6-9(14)7-16-11/h6-8H,4-5,14H2,1-3H3,(H,15,18)(H,16,17). The van der Waals surface area contributed by atoms with Crippen molar-refractivity contribution in [3.63, 3.8) is 0 Å². The Balaban J connectivity index is 2.86. The third kappa shape index (κ3) is 4.11. The first-order valence-corrected chi connectivity index (χ1v) is 6.37. The van der Waals surface area contributed by atoms with Crippen molar-refractivity contribution in [3.8, 4) is 0 Å². The van der Waals surface area contributed by atoms with Crippen LogP contribution in [0.15, 0.2) is 12.3 Å². The first kappa shape index (κ1) is 15.7. The van der Waals surface area contributed by atoms with Gasteiger partial charge in [-0.2, -0.15) is 0 Å². The van der Waals surface area contributed by atoms with Gasteiger partial charge in [-0.15, -0.1) is 0 Å². The molecular formula is C13H20N4O3. The summed E-state index contributed by atoms with van der Waals surface area (Å²) >= 11 is 0. The number of nitrogen functional groups attached to an aromatic ring is 1. The molecule has 0 aliphatic rings. The van der Waals surface area contributed by atoms with Crippen LogP contribution in [0.4, 0.5) is 11.5 Å². The summed E-state index contributed by atoms with van der Waals surface area (Å²) in [7, 11) is 1.27. The van der Waals surface area contributed by atoms with Crippen LogP contribution in [0.3, 0.4) is 0 Å². The zero-order valence-electron chi connectivity index (χ0n) is 11.9. The number of methoxy groups -OCH3 is 1. The van der Waals surface area contributed by atoms with E-state index >= 15 is 0 Å². The largest absolute Gasteiger partial charge is 0.465 e. The van der Waals surface area contributed by atoms with Gasteiger partial charge in [0.1, 0.15) is 17.4 Å². The summed E-state index contributed by atoms with van der Waals surface area (Å²) in [5, 5.41) is 5.64. The molecule has 1 atom stereocenters. The molecule has 0 radical (unpaired) electrons. The van der Waals surface area contributed by atoms with Gasteiger partial charge in [0.25, 0.3) is 0 Å². The minimum atomic E-state index is -0.562. The van der Waals surface area contributed by atoms with Crippen molar-refractivity contribution < 1.29 is 14.3 Å². The minimum Gasteiger partial charge on any atom is -0.465 e. The minimum absolute atomic E-state index is 0.165. The SMILES string of the molecule is CCCNC(=O)C(C)Nc1ncc(N)cc1C(=O)OC. The number of amides is 1. The topological polar surface area (TPSA) is 106 Å².